The molecule has 5 heteroatoms. The number of nitrogens with one attached hydrogen (secondary N) is 1. The Morgan fingerprint density at radius 3 is 2.08 bits per heavy atom. The Labute approximate surface area is 148 Å². The number of aliphatic hydroxyl groups is 1. The smallest absolute Gasteiger partial charge is 0.118 e. The number of nitrogens with two attached hydrogens (primary N) is 2. The van der Waals surface area contributed by atoms with Gasteiger partial charge in [0.05, 0.1) is 11.3 Å². The molecule has 24 heavy (non-hydrogen) atoms. The van der Waals surface area contributed by atoms with Gasteiger partial charge in [-0.2, -0.15) is 0 Å². The number of hydrogen-bond acceptors (Lipinski definition) is 5. The first-order valence-electron chi connectivity index (χ1n) is 8.72. The third-order valence-electron chi connectivity index (χ3n) is 4.13. The van der Waals surface area contributed by atoms with Crippen molar-refractivity contribution in [2.24, 2.45) is 5.73 Å². The van der Waals surface area contributed by atoms with Crippen LogP contribution in [0.3, 0.4) is 0 Å². The molecule has 5 nitrogen and oxygen atoms in total. The summed E-state index contributed by atoms with van der Waals surface area (Å²) in [6.07, 6.45) is 1.03. The first-order chi connectivity index (χ1) is 11.1. The summed E-state index contributed by atoms with van der Waals surface area (Å²) in [6.45, 7) is 15.4. The Morgan fingerprint density at radius 1 is 1.17 bits per heavy atom. The van der Waals surface area contributed by atoms with Gasteiger partial charge in [-0.1, -0.05) is 27.7 Å². The molecule has 0 aliphatic rings. The van der Waals surface area contributed by atoms with Gasteiger partial charge in [-0.25, -0.2) is 0 Å². The first-order valence-corrected chi connectivity index (χ1v) is 8.72. The van der Waals surface area contributed by atoms with Crippen molar-refractivity contribution in [1.29, 1.82) is 0 Å². The third kappa shape index (κ3) is 7.51. The zero-order chi connectivity index (χ0) is 19.6. The summed E-state index contributed by atoms with van der Waals surface area (Å²) in [7, 11) is 1.50. The molecule has 0 heterocycles. The Bertz CT molecular complexity index is 454. The van der Waals surface area contributed by atoms with Gasteiger partial charge in [0.15, 0.2) is 0 Å². The van der Waals surface area contributed by atoms with E-state index in [0.717, 1.165) is 23.4 Å². The molecular formula is C19H39N3O2. The van der Waals surface area contributed by atoms with Crippen LogP contribution >= 0.6 is 0 Å². The lowest BCUT2D eigenvalue weighted by atomic mass is 9.90. The van der Waals surface area contributed by atoms with Gasteiger partial charge in [-0.15, -0.1) is 0 Å². The van der Waals surface area contributed by atoms with Crippen LogP contribution in [0.25, 0.3) is 0 Å². The molecule has 0 aliphatic heterocycles. The largest absolute Gasteiger partial charge is 0.398 e. The van der Waals surface area contributed by atoms with Gasteiger partial charge in [-0.3, -0.25) is 10.3 Å². The molecule has 0 radical (unpaired) electrons. The maximum Gasteiger partial charge on any atom is 0.118 e. The zero-order valence-electron chi connectivity index (χ0n) is 17.0. The van der Waals surface area contributed by atoms with Gasteiger partial charge >= 0.3 is 0 Å². The quantitative estimate of drug-likeness (QED) is 0.458. The third-order valence-corrected chi connectivity index (χ3v) is 4.13. The normalized spacial score (nSPS) is 12.3. The molecule has 1 unspecified atom stereocenters. The van der Waals surface area contributed by atoms with E-state index in [0.29, 0.717) is 5.92 Å². The molecule has 0 saturated heterocycles. The van der Waals surface area contributed by atoms with Crippen LogP contribution in [0, 0.1) is 0 Å². The first kappa shape index (κ1) is 24.9. The molecular weight excluding hydrogens is 302 g/mol. The predicted octanol–water partition coefficient (Wildman–Crippen LogP) is 4.28. The van der Waals surface area contributed by atoms with Gasteiger partial charge in [-0.05, 0) is 70.8 Å². The number of hydrogen-bond donors (Lipinski definition) is 4. The number of benzene rings is 1. The summed E-state index contributed by atoms with van der Waals surface area (Å²) in [4.78, 5) is 5.65. The molecule has 1 rings (SSSR count). The highest BCUT2D eigenvalue weighted by atomic mass is 16.7. The summed E-state index contributed by atoms with van der Waals surface area (Å²) in [5.74, 6) is 0.402. The highest BCUT2D eigenvalue weighted by molar-refractivity contribution is 5.57. The molecule has 0 saturated carbocycles. The molecule has 1 atom stereocenters. The monoisotopic (exact) mass is 341 g/mol. The molecule has 0 aliphatic carbocycles. The Kier molecular flexibility index (Phi) is 11.7. The van der Waals surface area contributed by atoms with E-state index in [-0.39, 0.29) is 0 Å². The van der Waals surface area contributed by atoms with Crippen molar-refractivity contribution in [3.8, 4) is 0 Å². The van der Waals surface area contributed by atoms with E-state index in [1.807, 2.05) is 45.9 Å². The Hall–Kier alpha value is -1.30. The highest BCUT2D eigenvalue weighted by Crippen LogP contribution is 2.29. The van der Waals surface area contributed by atoms with Crippen LogP contribution in [-0.2, 0) is 4.84 Å². The van der Waals surface area contributed by atoms with Crippen molar-refractivity contribution in [1.82, 2.24) is 0 Å². The van der Waals surface area contributed by atoms with E-state index in [9.17, 15) is 5.11 Å². The minimum atomic E-state index is -0.951. The lowest BCUT2D eigenvalue weighted by Crippen LogP contribution is -2.48. The average molecular weight is 342 g/mol. The number of anilines is 2. The second-order valence-corrected chi connectivity index (χ2v) is 6.43. The van der Waals surface area contributed by atoms with Crippen molar-refractivity contribution >= 4 is 11.4 Å². The zero-order valence-corrected chi connectivity index (χ0v) is 17.0. The fourth-order valence-corrected chi connectivity index (χ4v) is 1.60. The minimum Gasteiger partial charge on any atom is -0.398 e. The van der Waals surface area contributed by atoms with E-state index < -0.39 is 11.2 Å². The van der Waals surface area contributed by atoms with Gasteiger partial charge in [0.1, 0.15) is 5.60 Å². The van der Waals surface area contributed by atoms with Gasteiger partial charge in [0.25, 0.3) is 0 Å². The second-order valence-electron chi connectivity index (χ2n) is 6.43. The second kappa shape index (κ2) is 11.3. The average Bonchev–Trinajstić information content (AvgIpc) is 2.56. The van der Waals surface area contributed by atoms with Crippen LogP contribution in [0.15, 0.2) is 18.2 Å². The lowest BCUT2D eigenvalue weighted by molar-refractivity contribution is -0.130. The summed E-state index contributed by atoms with van der Waals surface area (Å²) in [5, 5.41) is 10.1. The minimum absolute atomic E-state index is 0.402. The summed E-state index contributed by atoms with van der Waals surface area (Å²) in [6, 6.07) is 5.76. The van der Waals surface area contributed by atoms with Crippen molar-refractivity contribution < 1.29 is 9.94 Å². The molecule has 0 spiro atoms. The summed E-state index contributed by atoms with van der Waals surface area (Å²) >= 11 is 0. The van der Waals surface area contributed by atoms with E-state index in [2.05, 4.69) is 25.1 Å². The lowest BCUT2D eigenvalue weighted by Gasteiger charge is -2.36. The topological polar surface area (TPSA) is 93.5 Å². The molecule has 0 bridgehead atoms. The fourth-order valence-electron chi connectivity index (χ4n) is 1.60. The van der Waals surface area contributed by atoms with Crippen LogP contribution in [0.4, 0.5) is 11.4 Å². The van der Waals surface area contributed by atoms with Crippen LogP contribution in [-0.4, -0.2) is 23.4 Å². The van der Waals surface area contributed by atoms with Gasteiger partial charge < -0.3 is 16.6 Å². The van der Waals surface area contributed by atoms with Gasteiger partial charge in [0, 0.05) is 5.69 Å². The number of nitrogen functional groups attached to an aromatic ring is 1. The van der Waals surface area contributed by atoms with Crippen LogP contribution in [0.5, 0.6) is 0 Å². The molecule has 0 amide bonds. The SMILES string of the molecule is CC.CCC(C)c1cc(NOC(C)(C)C(C)(C)O)ccc1N.CN. The highest BCUT2D eigenvalue weighted by Gasteiger charge is 2.37. The van der Waals surface area contributed by atoms with Crippen LogP contribution in [0.2, 0.25) is 0 Å². The van der Waals surface area contributed by atoms with Crippen LogP contribution in [0.1, 0.15) is 73.3 Å². The summed E-state index contributed by atoms with van der Waals surface area (Å²) in [5.41, 5.74) is 14.5. The van der Waals surface area contributed by atoms with E-state index >= 15 is 0 Å². The van der Waals surface area contributed by atoms with Crippen molar-refractivity contribution in [3.63, 3.8) is 0 Å². The fraction of sp³-hybridized carbons (Fsp3) is 0.684. The Balaban J connectivity index is 0. The van der Waals surface area contributed by atoms with Crippen molar-refractivity contribution in [2.75, 3.05) is 18.3 Å². The number of rotatable bonds is 6. The molecule has 0 aromatic heterocycles. The summed E-state index contributed by atoms with van der Waals surface area (Å²) < 4.78 is 0. The Morgan fingerprint density at radius 2 is 1.67 bits per heavy atom. The molecule has 1 aromatic carbocycles. The van der Waals surface area contributed by atoms with E-state index in [1.54, 1.807) is 13.8 Å². The molecule has 0 fully saturated rings. The van der Waals surface area contributed by atoms with E-state index in [4.69, 9.17) is 10.6 Å². The van der Waals surface area contributed by atoms with Gasteiger partial charge in [0.2, 0.25) is 0 Å². The predicted molar refractivity (Wildman–Crippen MR) is 106 cm³/mol. The maximum absolute atomic E-state index is 10.1. The standard InChI is InChI=1S/C16H28N2O2.C2H6.CH5N/c1-7-11(2)13-10-12(8-9-14(13)17)18-20-16(5,6)15(3,4)19;2*1-2/h8-11,18-19H,7,17H2,1-6H3;1-2H3;2H2,1H3. The van der Waals surface area contributed by atoms with Crippen molar-refractivity contribution in [2.45, 2.75) is 78.9 Å². The molecule has 6 N–H and O–H groups in total. The maximum atomic E-state index is 10.1. The van der Waals surface area contributed by atoms with Crippen molar-refractivity contribution in [3.05, 3.63) is 23.8 Å². The molecule has 1 aromatic rings. The van der Waals surface area contributed by atoms with Crippen LogP contribution < -0.4 is 16.9 Å². The molecule has 142 valence electrons. The van der Waals surface area contributed by atoms with E-state index in [1.165, 1.54) is 7.05 Å².